The van der Waals surface area contributed by atoms with E-state index in [0.717, 1.165) is 32.1 Å². The Hall–Kier alpha value is 0.390. The minimum Gasteiger partial charge on any atom is -0.314 e. The molecule has 2 aliphatic carbocycles. The third-order valence-corrected chi connectivity index (χ3v) is 6.35. The smallest absolute Gasteiger partial charge is 0.124 e. The molecular formula is C16H17Br4N3O2. The molecule has 0 aromatic rings. The lowest BCUT2D eigenvalue weighted by atomic mass is 9.97. The predicted molar refractivity (Wildman–Crippen MR) is 114 cm³/mol. The molecule has 2 N–H and O–H groups in total. The summed E-state index contributed by atoms with van der Waals surface area (Å²) in [6.45, 7) is 2.28. The van der Waals surface area contributed by atoms with E-state index in [9.17, 15) is 0 Å². The number of alkyl halides is 1. The molecule has 4 atom stereocenters. The molecule has 25 heavy (non-hydrogen) atoms. The van der Waals surface area contributed by atoms with Gasteiger partial charge in [0.25, 0.3) is 0 Å². The summed E-state index contributed by atoms with van der Waals surface area (Å²) in [7, 11) is 0. The van der Waals surface area contributed by atoms with Gasteiger partial charge in [-0.25, -0.2) is 0 Å². The van der Waals surface area contributed by atoms with E-state index in [0.29, 0.717) is 6.54 Å². The normalized spacial score (nSPS) is 34.1. The highest BCUT2D eigenvalue weighted by atomic mass is 79.9. The number of rotatable bonds is 0. The minimum absolute atomic E-state index is 0.00264. The van der Waals surface area contributed by atoms with E-state index in [4.69, 9.17) is 9.68 Å². The molecule has 3 rings (SSSR count). The number of hydrogen-bond acceptors (Lipinski definition) is 5. The number of allylic oxidation sites excluding steroid dienone is 4. The number of fused-ring (bicyclic) bond motifs is 2. The second-order valence-electron chi connectivity index (χ2n) is 5.78. The van der Waals surface area contributed by atoms with E-state index in [1.165, 1.54) is 0 Å². The molecule has 4 unspecified atom stereocenters. The van der Waals surface area contributed by atoms with Crippen LogP contribution in [0.5, 0.6) is 0 Å². The predicted octanol–water partition coefficient (Wildman–Crippen LogP) is 4.02. The van der Waals surface area contributed by atoms with Crippen LogP contribution in [0.25, 0.3) is 0 Å². The van der Waals surface area contributed by atoms with Crippen LogP contribution < -0.4 is 11.0 Å². The van der Waals surface area contributed by atoms with Gasteiger partial charge in [0.15, 0.2) is 0 Å². The van der Waals surface area contributed by atoms with Gasteiger partial charge in [-0.3, -0.25) is 14.7 Å². The van der Waals surface area contributed by atoms with Crippen molar-refractivity contribution in [3.8, 4) is 0 Å². The average molecular weight is 603 g/mol. The van der Waals surface area contributed by atoms with Gasteiger partial charge in [-0.1, -0.05) is 81.5 Å². The van der Waals surface area contributed by atoms with Crippen molar-refractivity contribution in [1.82, 2.24) is 11.0 Å². The lowest BCUT2D eigenvalue weighted by Gasteiger charge is -2.29. The average Bonchev–Trinajstić information content (AvgIpc) is 2.55. The van der Waals surface area contributed by atoms with Crippen LogP contribution >= 0.6 is 63.7 Å². The van der Waals surface area contributed by atoms with E-state index in [1.807, 2.05) is 24.4 Å². The molecule has 0 aromatic carbocycles. The molecule has 9 heteroatoms. The summed E-state index contributed by atoms with van der Waals surface area (Å²) in [6.07, 6.45) is 9.58. The third-order valence-electron chi connectivity index (χ3n) is 3.94. The van der Waals surface area contributed by atoms with Crippen LogP contribution in [0.2, 0.25) is 0 Å². The Morgan fingerprint density at radius 2 is 1.80 bits per heavy atom. The van der Waals surface area contributed by atoms with Crippen LogP contribution in [0.1, 0.15) is 0 Å². The van der Waals surface area contributed by atoms with Gasteiger partial charge in [0, 0.05) is 44.2 Å². The highest BCUT2D eigenvalue weighted by Gasteiger charge is 2.30. The molecule has 0 aromatic heterocycles. The summed E-state index contributed by atoms with van der Waals surface area (Å²) in [5.41, 5.74) is 3.65. The van der Waals surface area contributed by atoms with Gasteiger partial charge in [-0.05, 0) is 12.2 Å². The fourth-order valence-corrected chi connectivity index (χ4v) is 5.91. The summed E-state index contributed by atoms with van der Waals surface area (Å²) >= 11 is 14.3. The maximum absolute atomic E-state index is 5.83. The topological polar surface area (TPSA) is 54.9 Å². The molecule has 136 valence electrons. The zero-order valence-electron chi connectivity index (χ0n) is 13.1. The monoisotopic (exact) mass is 599 g/mol. The molecule has 0 fully saturated rings. The second kappa shape index (κ2) is 9.54. The van der Waals surface area contributed by atoms with Crippen molar-refractivity contribution in [3.63, 3.8) is 0 Å². The molecule has 0 spiro atoms. The minimum atomic E-state index is -0.245. The summed E-state index contributed by atoms with van der Waals surface area (Å²) in [4.78, 5) is 16.1. The fourth-order valence-electron chi connectivity index (χ4n) is 2.74. The standard InChI is InChI=1S/C16H17Br4N3O2/c17-11-3-9-7-21-1-2-22-8-10-4-12(18)6-14(20)16(10)25-23-24-15(9)13(19)5-11/h3-7,10,13,15-16,22-23H,1-2,8H2. The number of nitrogens with one attached hydrogen (secondary N) is 2. The Kier molecular flexibility index (Phi) is 7.69. The van der Waals surface area contributed by atoms with Crippen LogP contribution in [0, 0.1) is 5.92 Å². The lowest BCUT2D eigenvalue weighted by Crippen LogP contribution is -2.40. The molecule has 1 aliphatic heterocycles. The highest BCUT2D eigenvalue weighted by Crippen LogP contribution is 2.32. The quantitative estimate of drug-likeness (QED) is 0.412. The zero-order valence-corrected chi connectivity index (χ0v) is 19.4. The van der Waals surface area contributed by atoms with Gasteiger partial charge in [0.1, 0.15) is 12.2 Å². The van der Waals surface area contributed by atoms with E-state index in [1.54, 1.807) is 0 Å². The second-order valence-corrected chi connectivity index (χ2v) is 9.59. The molecule has 5 nitrogen and oxygen atoms in total. The maximum Gasteiger partial charge on any atom is 0.124 e. The van der Waals surface area contributed by atoms with Gasteiger partial charge in [0.05, 0.1) is 11.4 Å². The van der Waals surface area contributed by atoms with Crippen LogP contribution in [0.15, 0.2) is 48.3 Å². The van der Waals surface area contributed by atoms with E-state index >= 15 is 0 Å². The van der Waals surface area contributed by atoms with Crippen molar-refractivity contribution in [2.75, 3.05) is 19.6 Å². The Morgan fingerprint density at radius 3 is 2.64 bits per heavy atom. The van der Waals surface area contributed by atoms with Crippen molar-refractivity contribution in [2.45, 2.75) is 17.0 Å². The molecule has 0 amide bonds. The highest BCUT2D eigenvalue weighted by molar-refractivity contribution is 9.12. The van der Waals surface area contributed by atoms with E-state index in [2.05, 4.69) is 85.7 Å². The Labute approximate surface area is 180 Å². The first-order chi connectivity index (χ1) is 12.0. The van der Waals surface area contributed by atoms with Crippen LogP contribution in [0.4, 0.5) is 0 Å². The van der Waals surface area contributed by atoms with Crippen LogP contribution in [0.3, 0.4) is 0 Å². The van der Waals surface area contributed by atoms with Crippen molar-refractivity contribution in [1.29, 1.82) is 0 Å². The first-order valence-corrected chi connectivity index (χ1v) is 11.1. The zero-order chi connectivity index (χ0) is 17.8. The molecule has 1 heterocycles. The van der Waals surface area contributed by atoms with Crippen molar-refractivity contribution < 1.29 is 9.68 Å². The van der Waals surface area contributed by atoms with Gasteiger partial charge >= 0.3 is 0 Å². The van der Waals surface area contributed by atoms with Crippen molar-refractivity contribution in [3.05, 3.63) is 43.3 Å². The van der Waals surface area contributed by atoms with Crippen LogP contribution in [-0.2, 0) is 9.68 Å². The molecule has 0 radical (unpaired) electrons. The molecule has 3 aliphatic rings. The largest absolute Gasteiger partial charge is 0.314 e. The van der Waals surface area contributed by atoms with Crippen LogP contribution in [-0.4, -0.2) is 42.9 Å². The Morgan fingerprint density at radius 1 is 1.04 bits per heavy atom. The van der Waals surface area contributed by atoms with E-state index < -0.39 is 0 Å². The third kappa shape index (κ3) is 5.44. The number of aliphatic imine (C=N–C) groups is 1. The summed E-state index contributed by atoms with van der Waals surface area (Å²) < 4.78 is 2.97. The van der Waals surface area contributed by atoms with Gasteiger partial charge < -0.3 is 5.32 Å². The maximum atomic E-state index is 5.83. The summed E-state index contributed by atoms with van der Waals surface area (Å²) in [5, 5.41) is 3.43. The Bertz CT molecular complexity index is 660. The first kappa shape index (κ1) is 20.1. The van der Waals surface area contributed by atoms with Crippen molar-refractivity contribution >= 4 is 69.9 Å². The number of halogens is 4. The molecule has 0 bridgehead atoms. The molecule has 0 saturated carbocycles. The first-order valence-electron chi connectivity index (χ1n) is 7.79. The lowest BCUT2D eigenvalue weighted by molar-refractivity contribution is -0.209. The van der Waals surface area contributed by atoms with Gasteiger partial charge in [-0.15, -0.1) is 0 Å². The molecule has 0 saturated heterocycles. The number of nitrogens with zero attached hydrogens (tertiary/aromatic N) is 1. The van der Waals surface area contributed by atoms with Gasteiger partial charge in [-0.2, -0.15) is 0 Å². The fraction of sp³-hybridized carbons (Fsp3) is 0.438. The Balaban J connectivity index is 1.77. The SMILES string of the molecule is BrC1=CC(Br)C2ONOC3C(Br)=CC(Br)=CC3CNCCN=CC2=C1. The summed E-state index contributed by atoms with van der Waals surface area (Å²) in [6, 6.07) is 0. The van der Waals surface area contributed by atoms with Crippen molar-refractivity contribution in [2.24, 2.45) is 10.9 Å². The number of hydrogen-bond donors (Lipinski definition) is 2. The van der Waals surface area contributed by atoms with E-state index in [-0.39, 0.29) is 23.0 Å². The molecular weight excluding hydrogens is 586 g/mol. The summed E-state index contributed by atoms with van der Waals surface area (Å²) in [5.74, 6) is 0.157. The van der Waals surface area contributed by atoms with Gasteiger partial charge in [0.2, 0.25) is 0 Å².